The number of hydrogen-bond donors (Lipinski definition) is 0. The molecule has 7 nitrogen and oxygen atoms in total. The Morgan fingerprint density at radius 1 is 1.45 bits per heavy atom. The van der Waals surface area contributed by atoms with E-state index in [2.05, 4.69) is 16.0 Å². The summed E-state index contributed by atoms with van der Waals surface area (Å²) in [5.74, 6) is 0.707. The van der Waals surface area contributed by atoms with E-state index in [9.17, 15) is 4.79 Å². The Morgan fingerprint density at radius 3 is 2.91 bits per heavy atom. The highest BCUT2D eigenvalue weighted by Gasteiger charge is 2.28. The number of piperazine rings is 1. The van der Waals surface area contributed by atoms with Gasteiger partial charge in [0.15, 0.2) is 11.5 Å². The number of rotatable bonds is 5. The zero-order chi connectivity index (χ0) is 15.9. The van der Waals surface area contributed by atoms with Crippen LogP contribution >= 0.6 is 0 Å². The van der Waals surface area contributed by atoms with Crippen LogP contribution in [0, 0.1) is 11.3 Å². The summed E-state index contributed by atoms with van der Waals surface area (Å²) in [6.45, 7) is 6.93. The quantitative estimate of drug-likeness (QED) is 0.749. The van der Waals surface area contributed by atoms with Crippen LogP contribution in [0.2, 0.25) is 0 Å². The summed E-state index contributed by atoms with van der Waals surface area (Å²) in [5.41, 5.74) is 0.325. The molecule has 1 amide bonds. The van der Waals surface area contributed by atoms with Gasteiger partial charge >= 0.3 is 0 Å². The molecule has 0 saturated carbocycles. The molecule has 1 atom stereocenters. The van der Waals surface area contributed by atoms with Gasteiger partial charge in [-0.15, -0.1) is 0 Å². The highest BCUT2D eigenvalue weighted by molar-refractivity contribution is 5.77. The molecule has 0 spiro atoms. The highest BCUT2D eigenvalue weighted by Crippen LogP contribution is 2.19. The first-order valence-electron chi connectivity index (χ1n) is 7.50. The van der Waals surface area contributed by atoms with Gasteiger partial charge in [0.2, 0.25) is 5.91 Å². The third-order valence-corrected chi connectivity index (χ3v) is 3.70. The Hall–Kier alpha value is -2.20. The van der Waals surface area contributed by atoms with E-state index in [0.29, 0.717) is 50.8 Å². The highest BCUT2D eigenvalue weighted by atomic mass is 16.5. The second-order valence-electron chi connectivity index (χ2n) is 5.17. The number of ether oxygens (including phenoxy) is 1. The summed E-state index contributed by atoms with van der Waals surface area (Å²) in [4.78, 5) is 24.4. The van der Waals surface area contributed by atoms with Crippen LogP contribution in [0.4, 0.5) is 5.82 Å². The first-order valence-corrected chi connectivity index (χ1v) is 7.50. The molecule has 1 unspecified atom stereocenters. The molecule has 0 aliphatic carbocycles. The van der Waals surface area contributed by atoms with Gasteiger partial charge in [-0.3, -0.25) is 4.79 Å². The molecule has 0 radical (unpaired) electrons. The van der Waals surface area contributed by atoms with Gasteiger partial charge in [0.25, 0.3) is 0 Å². The Balaban J connectivity index is 1.98. The molecule has 2 rings (SSSR count). The van der Waals surface area contributed by atoms with E-state index in [-0.39, 0.29) is 11.9 Å². The van der Waals surface area contributed by atoms with Crippen LogP contribution in [0.1, 0.15) is 26.0 Å². The number of amides is 1. The minimum atomic E-state index is 0.0661. The normalized spacial score (nSPS) is 18.1. The van der Waals surface area contributed by atoms with E-state index in [4.69, 9.17) is 10.00 Å². The lowest BCUT2D eigenvalue weighted by molar-refractivity contribution is -0.134. The fourth-order valence-electron chi connectivity index (χ4n) is 2.61. The molecule has 7 heteroatoms. The predicted octanol–water partition coefficient (Wildman–Crippen LogP) is 0.812. The third-order valence-electron chi connectivity index (χ3n) is 3.70. The Morgan fingerprint density at radius 2 is 2.23 bits per heavy atom. The van der Waals surface area contributed by atoms with E-state index in [1.165, 1.54) is 6.20 Å². The van der Waals surface area contributed by atoms with Gasteiger partial charge < -0.3 is 14.5 Å². The van der Waals surface area contributed by atoms with Gasteiger partial charge in [0.05, 0.1) is 13.0 Å². The van der Waals surface area contributed by atoms with Crippen LogP contribution in [0.3, 0.4) is 0 Å². The van der Waals surface area contributed by atoms with Crippen molar-refractivity contribution in [2.24, 2.45) is 0 Å². The lowest BCUT2D eigenvalue weighted by atomic mass is 10.1. The number of hydrogen-bond acceptors (Lipinski definition) is 6. The molecule has 0 bridgehead atoms. The van der Waals surface area contributed by atoms with E-state index in [1.807, 2.05) is 23.6 Å². The molecule has 0 N–H and O–H groups in total. The Bertz CT molecular complexity index is 557. The van der Waals surface area contributed by atoms with Gasteiger partial charge in [-0.25, -0.2) is 9.97 Å². The van der Waals surface area contributed by atoms with E-state index >= 15 is 0 Å². The van der Waals surface area contributed by atoms with Crippen LogP contribution in [0.25, 0.3) is 0 Å². The van der Waals surface area contributed by atoms with Crippen molar-refractivity contribution >= 4 is 11.7 Å². The SMILES string of the molecule is CCOCCC(=O)N1CCN(c2nccnc2C#N)CC1C. The second-order valence-corrected chi connectivity index (χ2v) is 5.17. The maximum atomic E-state index is 12.2. The lowest BCUT2D eigenvalue weighted by Gasteiger charge is -2.40. The minimum absolute atomic E-state index is 0.0661. The largest absolute Gasteiger partial charge is 0.381 e. The van der Waals surface area contributed by atoms with Crippen molar-refractivity contribution in [3.8, 4) is 6.07 Å². The van der Waals surface area contributed by atoms with Crippen molar-refractivity contribution in [3.63, 3.8) is 0 Å². The van der Waals surface area contributed by atoms with Crippen LogP contribution in [-0.2, 0) is 9.53 Å². The van der Waals surface area contributed by atoms with Gasteiger partial charge in [0.1, 0.15) is 6.07 Å². The van der Waals surface area contributed by atoms with E-state index < -0.39 is 0 Å². The number of carbonyl (C=O) groups excluding carboxylic acids is 1. The molecule has 1 saturated heterocycles. The first kappa shape index (κ1) is 16.2. The zero-order valence-electron chi connectivity index (χ0n) is 13.0. The van der Waals surface area contributed by atoms with Crippen molar-refractivity contribution in [1.29, 1.82) is 5.26 Å². The van der Waals surface area contributed by atoms with Gasteiger partial charge in [-0.1, -0.05) is 0 Å². The maximum Gasteiger partial charge on any atom is 0.225 e. The molecular weight excluding hydrogens is 282 g/mol. The summed E-state index contributed by atoms with van der Waals surface area (Å²) in [5, 5.41) is 9.12. The molecule has 1 aliphatic heterocycles. The van der Waals surface area contributed by atoms with Gasteiger partial charge in [-0.2, -0.15) is 5.26 Å². The average molecular weight is 303 g/mol. The minimum Gasteiger partial charge on any atom is -0.381 e. The van der Waals surface area contributed by atoms with Gasteiger partial charge in [-0.05, 0) is 13.8 Å². The fraction of sp³-hybridized carbons (Fsp3) is 0.600. The van der Waals surface area contributed by atoms with Gasteiger partial charge in [0, 0.05) is 44.7 Å². The second kappa shape index (κ2) is 7.71. The summed E-state index contributed by atoms with van der Waals surface area (Å²) in [6.07, 6.45) is 3.51. The van der Waals surface area contributed by atoms with E-state index in [0.717, 1.165) is 0 Å². The average Bonchev–Trinajstić information content (AvgIpc) is 2.54. The van der Waals surface area contributed by atoms with Crippen LogP contribution in [0.5, 0.6) is 0 Å². The number of nitriles is 1. The molecule has 22 heavy (non-hydrogen) atoms. The number of nitrogens with zero attached hydrogens (tertiary/aromatic N) is 5. The molecule has 118 valence electrons. The van der Waals surface area contributed by atoms with E-state index in [1.54, 1.807) is 6.20 Å². The summed E-state index contributed by atoms with van der Waals surface area (Å²) >= 11 is 0. The number of anilines is 1. The summed E-state index contributed by atoms with van der Waals surface area (Å²) in [6, 6.07) is 2.13. The molecule has 1 fully saturated rings. The summed E-state index contributed by atoms with van der Waals surface area (Å²) < 4.78 is 5.24. The van der Waals surface area contributed by atoms with Crippen molar-refractivity contribution < 1.29 is 9.53 Å². The lowest BCUT2D eigenvalue weighted by Crippen LogP contribution is -2.54. The fourth-order valence-corrected chi connectivity index (χ4v) is 2.61. The standard InChI is InChI=1S/C15H21N5O2/c1-3-22-9-4-14(21)20-8-7-19(11-12(20)2)15-13(10-16)17-5-6-18-15/h5-6,12H,3-4,7-9,11H2,1-2H3. The molecular formula is C15H21N5O2. The molecule has 1 aromatic rings. The maximum absolute atomic E-state index is 12.2. The van der Waals surface area contributed by atoms with Crippen LogP contribution < -0.4 is 4.90 Å². The Kier molecular flexibility index (Phi) is 5.67. The number of aromatic nitrogens is 2. The van der Waals surface area contributed by atoms with Crippen LogP contribution in [-0.4, -0.2) is 59.7 Å². The van der Waals surface area contributed by atoms with Crippen molar-refractivity contribution in [2.75, 3.05) is 37.7 Å². The molecule has 2 heterocycles. The zero-order valence-corrected chi connectivity index (χ0v) is 13.0. The topological polar surface area (TPSA) is 82.3 Å². The van der Waals surface area contributed by atoms with Crippen molar-refractivity contribution in [3.05, 3.63) is 18.1 Å². The first-order chi connectivity index (χ1) is 10.7. The predicted molar refractivity (Wildman–Crippen MR) is 81.2 cm³/mol. The van der Waals surface area contributed by atoms with Crippen molar-refractivity contribution in [1.82, 2.24) is 14.9 Å². The molecule has 1 aliphatic rings. The Labute approximate surface area is 130 Å². The summed E-state index contributed by atoms with van der Waals surface area (Å²) in [7, 11) is 0. The number of carbonyl (C=O) groups is 1. The molecule has 0 aromatic carbocycles. The monoisotopic (exact) mass is 303 g/mol. The smallest absolute Gasteiger partial charge is 0.225 e. The third kappa shape index (κ3) is 3.71. The van der Waals surface area contributed by atoms with Crippen LogP contribution in [0.15, 0.2) is 12.4 Å². The molecule has 1 aromatic heterocycles. The van der Waals surface area contributed by atoms with Crippen molar-refractivity contribution in [2.45, 2.75) is 26.3 Å².